The van der Waals surface area contributed by atoms with E-state index in [1.165, 1.54) is 22.2 Å². The summed E-state index contributed by atoms with van der Waals surface area (Å²) in [6.07, 6.45) is 3.10. The molecule has 0 radical (unpaired) electrons. The summed E-state index contributed by atoms with van der Waals surface area (Å²) >= 11 is 1.31. The molecule has 0 saturated heterocycles. The molecule has 0 fully saturated rings. The molecule has 2 heterocycles. The zero-order valence-electron chi connectivity index (χ0n) is 10.9. The third kappa shape index (κ3) is 1.96. The Morgan fingerprint density at radius 1 is 1.14 bits per heavy atom. The first-order valence-electron chi connectivity index (χ1n) is 6.40. The van der Waals surface area contributed by atoms with E-state index in [-0.39, 0.29) is 5.56 Å². The lowest BCUT2D eigenvalue weighted by Crippen LogP contribution is -2.24. The van der Waals surface area contributed by atoms with E-state index in [1.54, 1.807) is 6.20 Å². The number of benzene rings is 2. The van der Waals surface area contributed by atoms with Crippen LogP contribution in [0.1, 0.15) is 0 Å². The molecule has 5 nitrogen and oxygen atoms in total. The fourth-order valence-corrected chi connectivity index (χ4v) is 3.08. The highest BCUT2D eigenvalue weighted by atomic mass is 32.1. The van der Waals surface area contributed by atoms with Crippen LogP contribution in [0.5, 0.6) is 0 Å². The van der Waals surface area contributed by atoms with Gasteiger partial charge in [0.2, 0.25) is 4.96 Å². The lowest BCUT2D eigenvalue weighted by atomic mass is 10.1. The summed E-state index contributed by atoms with van der Waals surface area (Å²) in [5.74, 6) is 0. The Kier molecular flexibility index (Phi) is 2.68. The molecule has 2 aromatic carbocycles. The molecule has 102 valence electrons. The van der Waals surface area contributed by atoms with Crippen LogP contribution in [0.2, 0.25) is 0 Å². The van der Waals surface area contributed by atoms with Crippen LogP contribution in [-0.4, -0.2) is 14.6 Å². The van der Waals surface area contributed by atoms with E-state index in [2.05, 4.69) is 27.5 Å². The van der Waals surface area contributed by atoms with Crippen LogP contribution in [0.25, 0.3) is 21.9 Å². The molecule has 0 amide bonds. The second-order valence-electron chi connectivity index (χ2n) is 4.54. The van der Waals surface area contributed by atoms with Crippen LogP contribution >= 0.6 is 11.3 Å². The van der Waals surface area contributed by atoms with Crippen molar-refractivity contribution in [1.29, 1.82) is 0 Å². The number of thiazole rings is 1. The minimum atomic E-state index is -0.153. The predicted octanol–water partition coefficient (Wildman–Crippen LogP) is 1.87. The third-order valence-electron chi connectivity index (χ3n) is 3.27. The number of anilines is 1. The summed E-state index contributed by atoms with van der Waals surface area (Å²) in [5.41, 5.74) is 0.812. The summed E-state index contributed by atoms with van der Waals surface area (Å²) in [6.45, 7) is 0. The van der Waals surface area contributed by atoms with Gasteiger partial charge in [0.15, 0.2) is 0 Å². The molecule has 0 aliphatic rings. The van der Waals surface area contributed by atoms with E-state index in [0.29, 0.717) is 9.49 Å². The Balaban J connectivity index is 1.81. The summed E-state index contributed by atoms with van der Waals surface area (Å²) in [4.78, 5) is 16.7. The summed E-state index contributed by atoms with van der Waals surface area (Å²) in [6, 6.07) is 14.1. The zero-order valence-corrected chi connectivity index (χ0v) is 11.7. The molecule has 0 spiro atoms. The van der Waals surface area contributed by atoms with Crippen molar-refractivity contribution in [2.24, 2.45) is 0 Å². The number of hydrogen-bond acceptors (Lipinski definition) is 5. The minimum absolute atomic E-state index is 0.153. The normalized spacial score (nSPS) is 12.3. The van der Waals surface area contributed by atoms with Gasteiger partial charge in [0.1, 0.15) is 10.9 Å². The van der Waals surface area contributed by atoms with Crippen molar-refractivity contribution in [2.75, 3.05) is 5.32 Å². The molecular weight excluding hydrogens is 284 g/mol. The fraction of sp³-hybridized carbons (Fsp3) is 0. The number of nitrogens with one attached hydrogen (secondary N) is 1. The molecule has 21 heavy (non-hydrogen) atoms. The highest BCUT2D eigenvalue weighted by molar-refractivity contribution is 7.15. The van der Waals surface area contributed by atoms with Crippen LogP contribution in [0, 0.1) is 0 Å². The van der Waals surface area contributed by atoms with Gasteiger partial charge in [-0.05, 0) is 11.5 Å². The first-order chi connectivity index (χ1) is 10.3. The number of nitrogens with zero attached hydrogens (tertiary/aromatic N) is 3. The van der Waals surface area contributed by atoms with Crippen molar-refractivity contribution in [2.45, 2.75) is 0 Å². The Morgan fingerprint density at radius 3 is 2.90 bits per heavy atom. The maximum absolute atomic E-state index is 12.1. The molecule has 0 atom stereocenters. The Bertz CT molecular complexity index is 1050. The van der Waals surface area contributed by atoms with Crippen molar-refractivity contribution in [3.05, 3.63) is 63.7 Å². The molecule has 4 rings (SSSR count). The van der Waals surface area contributed by atoms with E-state index in [0.717, 1.165) is 16.5 Å². The zero-order chi connectivity index (χ0) is 14.2. The maximum atomic E-state index is 12.1. The van der Waals surface area contributed by atoms with Gasteiger partial charge in [-0.25, -0.2) is 4.98 Å². The molecule has 2 aromatic heterocycles. The van der Waals surface area contributed by atoms with Gasteiger partial charge in [-0.1, -0.05) is 47.7 Å². The molecular formula is C15H10N4OS. The van der Waals surface area contributed by atoms with Crippen LogP contribution in [-0.2, 0) is 0 Å². The Morgan fingerprint density at radius 2 is 2.00 bits per heavy atom. The first kappa shape index (κ1) is 12.0. The van der Waals surface area contributed by atoms with E-state index < -0.39 is 0 Å². The van der Waals surface area contributed by atoms with E-state index >= 15 is 0 Å². The second kappa shape index (κ2) is 4.68. The Labute approximate surface area is 123 Å². The van der Waals surface area contributed by atoms with Crippen LogP contribution < -0.4 is 15.4 Å². The van der Waals surface area contributed by atoms with Crippen LogP contribution in [0.3, 0.4) is 0 Å². The lowest BCUT2D eigenvalue weighted by molar-refractivity contribution is 0.932. The SMILES string of the molecule is O=c1/c(=C/Nc2cccc3ccccc23)sc2ncnn12. The second-order valence-corrected chi connectivity index (χ2v) is 5.55. The van der Waals surface area contributed by atoms with Gasteiger partial charge in [0.05, 0.1) is 0 Å². The van der Waals surface area contributed by atoms with Gasteiger partial charge in [-0.2, -0.15) is 9.61 Å². The highest BCUT2D eigenvalue weighted by Crippen LogP contribution is 2.22. The van der Waals surface area contributed by atoms with Gasteiger partial charge >= 0.3 is 0 Å². The van der Waals surface area contributed by atoms with Crippen molar-refractivity contribution < 1.29 is 0 Å². The molecule has 6 heteroatoms. The Hall–Kier alpha value is -2.73. The number of fused-ring (bicyclic) bond motifs is 2. The number of rotatable bonds is 2. The van der Waals surface area contributed by atoms with Crippen LogP contribution in [0.15, 0.2) is 53.6 Å². The smallest absolute Gasteiger partial charge is 0.292 e. The van der Waals surface area contributed by atoms with Gasteiger partial charge in [0, 0.05) is 17.3 Å². The molecule has 4 aromatic rings. The molecule has 1 N–H and O–H groups in total. The first-order valence-corrected chi connectivity index (χ1v) is 7.21. The fourth-order valence-electron chi connectivity index (χ4n) is 2.27. The van der Waals surface area contributed by atoms with Crippen LogP contribution in [0.4, 0.5) is 5.69 Å². The van der Waals surface area contributed by atoms with E-state index in [4.69, 9.17) is 0 Å². The summed E-state index contributed by atoms with van der Waals surface area (Å²) in [7, 11) is 0. The lowest BCUT2D eigenvalue weighted by Gasteiger charge is -2.05. The molecule has 0 aliphatic heterocycles. The largest absolute Gasteiger partial charge is 0.360 e. The monoisotopic (exact) mass is 294 g/mol. The number of hydrogen-bond donors (Lipinski definition) is 1. The molecule has 0 saturated carbocycles. The van der Waals surface area contributed by atoms with Gasteiger partial charge in [-0.3, -0.25) is 4.79 Å². The number of aromatic nitrogens is 3. The van der Waals surface area contributed by atoms with Crippen molar-refractivity contribution in [3.63, 3.8) is 0 Å². The summed E-state index contributed by atoms with van der Waals surface area (Å²) in [5, 5.41) is 9.38. The third-order valence-corrected chi connectivity index (χ3v) is 4.24. The minimum Gasteiger partial charge on any atom is -0.360 e. The van der Waals surface area contributed by atoms with E-state index in [9.17, 15) is 4.79 Å². The topological polar surface area (TPSA) is 59.3 Å². The maximum Gasteiger partial charge on any atom is 0.292 e. The van der Waals surface area contributed by atoms with Crippen molar-refractivity contribution in [1.82, 2.24) is 14.6 Å². The quantitative estimate of drug-likeness (QED) is 0.613. The van der Waals surface area contributed by atoms with Crippen molar-refractivity contribution in [3.8, 4) is 0 Å². The molecule has 0 bridgehead atoms. The highest BCUT2D eigenvalue weighted by Gasteiger charge is 2.05. The predicted molar refractivity (Wildman–Crippen MR) is 84.4 cm³/mol. The average Bonchev–Trinajstić information content (AvgIpc) is 3.09. The van der Waals surface area contributed by atoms with Gasteiger partial charge in [0.25, 0.3) is 5.56 Å². The van der Waals surface area contributed by atoms with Gasteiger partial charge in [-0.15, -0.1) is 0 Å². The van der Waals surface area contributed by atoms with Crippen molar-refractivity contribution >= 4 is 39.0 Å². The standard InChI is InChI=1S/C15H10N4OS/c20-14-13(21-15-17-9-18-19(14)15)8-16-12-7-3-5-10-4-1-2-6-11(10)12/h1-9,16H/b13-8-. The molecule has 0 unspecified atom stereocenters. The van der Waals surface area contributed by atoms with E-state index in [1.807, 2.05) is 30.3 Å². The average molecular weight is 294 g/mol. The molecule has 0 aliphatic carbocycles. The summed E-state index contributed by atoms with van der Waals surface area (Å²) < 4.78 is 1.89. The van der Waals surface area contributed by atoms with Gasteiger partial charge < -0.3 is 5.32 Å².